The molecule has 0 unspecified atom stereocenters. The third-order valence-corrected chi connectivity index (χ3v) is 10.2. The number of rotatable bonds is 2. The molecule has 0 saturated carbocycles. The molecule has 3 aromatic heterocycles. The Bertz CT molecular complexity index is 3020. The lowest BCUT2D eigenvalue weighted by atomic mass is 10.0. The molecule has 0 saturated heterocycles. The van der Waals surface area contributed by atoms with Crippen LogP contribution >= 0.6 is 0 Å². The van der Waals surface area contributed by atoms with Crippen LogP contribution in [0, 0.1) is 0 Å². The van der Waals surface area contributed by atoms with E-state index in [4.69, 9.17) is 0 Å². The Kier molecular flexibility index (Phi) is 4.84. The molecule has 0 spiro atoms. The molecule has 8 aromatic carbocycles. The van der Waals surface area contributed by atoms with Crippen molar-refractivity contribution in [2.24, 2.45) is 0 Å². The lowest BCUT2D eigenvalue weighted by Gasteiger charge is -2.15. The third-order valence-electron chi connectivity index (χ3n) is 10.2. The molecule has 11 aromatic rings. The van der Waals surface area contributed by atoms with Gasteiger partial charge in [-0.05, 0) is 59.3 Å². The highest BCUT2D eigenvalue weighted by Crippen LogP contribution is 2.42. The van der Waals surface area contributed by atoms with Crippen LogP contribution in [0.1, 0.15) is 0 Å². The highest BCUT2D eigenvalue weighted by atomic mass is 15.0. The van der Waals surface area contributed by atoms with Gasteiger partial charge in [-0.1, -0.05) is 115 Å². The molecule has 0 N–H and O–H groups in total. The number of para-hydroxylation sites is 4. The monoisotopic (exact) mass is 597 g/mol. The molecular formula is C44H27N3. The average Bonchev–Trinajstić information content (AvgIpc) is 3.61. The molecular weight excluding hydrogens is 571 g/mol. The Labute approximate surface area is 269 Å². The molecule has 0 atom stereocenters. The second kappa shape index (κ2) is 9.12. The fraction of sp³-hybridized carbons (Fsp3) is 0. The molecule has 0 radical (unpaired) electrons. The third kappa shape index (κ3) is 3.25. The van der Waals surface area contributed by atoms with Gasteiger partial charge >= 0.3 is 0 Å². The van der Waals surface area contributed by atoms with Crippen molar-refractivity contribution in [1.29, 1.82) is 0 Å². The first kappa shape index (κ1) is 24.9. The fourth-order valence-electron chi connectivity index (χ4n) is 8.27. The highest BCUT2D eigenvalue weighted by molar-refractivity contribution is 6.27. The van der Waals surface area contributed by atoms with Gasteiger partial charge in [-0.25, -0.2) is 0 Å². The Morgan fingerprint density at radius 1 is 0.298 bits per heavy atom. The number of benzene rings is 8. The molecule has 0 bridgehead atoms. The minimum absolute atomic E-state index is 1.13. The SMILES string of the molecule is c1cc(-n2c3ccccc3c3ccccc32)cc(-n2c3cccc4ccc5c6ccc7ccccc7c6n(c6ccccc62)c5c43)c1. The van der Waals surface area contributed by atoms with Gasteiger partial charge in [0.15, 0.2) is 0 Å². The Morgan fingerprint density at radius 2 is 0.809 bits per heavy atom. The summed E-state index contributed by atoms with van der Waals surface area (Å²) in [6.45, 7) is 0. The molecule has 3 nitrogen and oxygen atoms in total. The van der Waals surface area contributed by atoms with E-state index in [9.17, 15) is 0 Å². The van der Waals surface area contributed by atoms with Crippen molar-refractivity contribution in [3.8, 4) is 11.4 Å². The van der Waals surface area contributed by atoms with Gasteiger partial charge in [-0.2, -0.15) is 0 Å². The first-order valence-electron chi connectivity index (χ1n) is 16.2. The van der Waals surface area contributed by atoms with Crippen LogP contribution in [0.15, 0.2) is 164 Å². The lowest BCUT2D eigenvalue weighted by Crippen LogP contribution is -2.00. The average molecular weight is 598 g/mol. The molecule has 218 valence electrons. The van der Waals surface area contributed by atoms with E-state index in [1.807, 2.05) is 0 Å². The van der Waals surface area contributed by atoms with E-state index in [0.717, 1.165) is 16.9 Å². The van der Waals surface area contributed by atoms with E-state index in [1.165, 1.54) is 76.2 Å². The summed E-state index contributed by atoms with van der Waals surface area (Å²) in [7, 11) is 0. The lowest BCUT2D eigenvalue weighted by molar-refractivity contribution is 1.13. The van der Waals surface area contributed by atoms with Gasteiger partial charge in [0, 0.05) is 43.7 Å². The molecule has 0 aliphatic carbocycles. The van der Waals surface area contributed by atoms with Gasteiger partial charge in [0.2, 0.25) is 0 Å². The number of nitrogens with zero attached hydrogens (tertiary/aromatic N) is 3. The standard InChI is InChI=1S/C44H27N3/c1-2-15-32-28(11-1)23-25-35-36-26-24-29-12-9-22-41-42(29)44(36)47(43(32)35)40-21-8-7-20-39(40)46(41)31-14-10-13-30(27-31)45-37-18-5-3-16-33(37)34-17-4-6-19-38(34)45/h1-27H. The Morgan fingerprint density at radius 3 is 1.55 bits per heavy atom. The number of fused-ring (bicyclic) bond motifs is 10. The molecule has 0 amide bonds. The van der Waals surface area contributed by atoms with Gasteiger partial charge < -0.3 is 13.5 Å². The van der Waals surface area contributed by atoms with Crippen LogP contribution in [0.5, 0.6) is 0 Å². The fourth-order valence-corrected chi connectivity index (χ4v) is 8.27. The predicted octanol–water partition coefficient (Wildman–Crippen LogP) is 11.6. The Balaban J connectivity index is 1.34. The number of aromatic nitrogens is 3. The van der Waals surface area contributed by atoms with Gasteiger partial charge in [-0.3, -0.25) is 0 Å². The summed E-state index contributed by atoms with van der Waals surface area (Å²) in [5.74, 6) is 0. The van der Waals surface area contributed by atoms with Gasteiger partial charge in [-0.15, -0.1) is 0 Å². The molecule has 11 rings (SSSR count). The van der Waals surface area contributed by atoms with Crippen LogP contribution in [-0.4, -0.2) is 13.5 Å². The second-order valence-corrected chi connectivity index (χ2v) is 12.6. The van der Waals surface area contributed by atoms with Crippen LogP contribution < -0.4 is 0 Å². The summed E-state index contributed by atoms with van der Waals surface area (Å²) in [5.41, 5.74) is 10.7. The first-order valence-corrected chi connectivity index (χ1v) is 16.2. The van der Waals surface area contributed by atoms with Crippen LogP contribution in [0.4, 0.5) is 0 Å². The second-order valence-electron chi connectivity index (χ2n) is 12.6. The van der Waals surface area contributed by atoms with E-state index in [1.54, 1.807) is 0 Å². The van der Waals surface area contributed by atoms with E-state index < -0.39 is 0 Å². The van der Waals surface area contributed by atoms with E-state index in [2.05, 4.69) is 177 Å². The smallest absolute Gasteiger partial charge is 0.0703 e. The Hall–Kier alpha value is -6.32. The van der Waals surface area contributed by atoms with Crippen molar-refractivity contribution in [3.63, 3.8) is 0 Å². The number of hydrogen-bond acceptors (Lipinski definition) is 0. The summed E-state index contributed by atoms with van der Waals surface area (Å²) in [6, 6.07) is 60.1. The summed E-state index contributed by atoms with van der Waals surface area (Å²) < 4.78 is 7.41. The minimum Gasteiger partial charge on any atom is -0.309 e. The quantitative estimate of drug-likeness (QED) is 0.188. The van der Waals surface area contributed by atoms with Crippen LogP contribution in [0.2, 0.25) is 0 Å². The number of hydrogen-bond donors (Lipinski definition) is 0. The van der Waals surface area contributed by atoms with Crippen molar-refractivity contribution in [3.05, 3.63) is 164 Å². The van der Waals surface area contributed by atoms with Gasteiger partial charge in [0.25, 0.3) is 0 Å². The summed E-state index contributed by atoms with van der Waals surface area (Å²) in [6.07, 6.45) is 0. The van der Waals surface area contributed by atoms with E-state index >= 15 is 0 Å². The van der Waals surface area contributed by atoms with E-state index in [-0.39, 0.29) is 0 Å². The van der Waals surface area contributed by atoms with E-state index in [0.29, 0.717) is 0 Å². The van der Waals surface area contributed by atoms with Crippen molar-refractivity contribution >= 4 is 81.7 Å². The molecule has 3 heteroatoms. The first-order chi connectivity index (χ1) is 23.3. The topological polar surface area (TPSA) is 14.3 Å². The van der Waals surface area contributed by atoms with Gasteiger partial charge in [0.1, 0.15) is 0 Å². The highest BCUT2D eigenvalue weighted by Gasteiger charge is 2.20. The van der Waals surface area contributed by atoms with Crippen molar-refractivity contribution in [2.75, 3.05) is 0 Å². The summed E-state index contributed by atoms with van der Waals surface area (Å²) in [5, 5.41) is 10.1. The molecule has 47 heavy (non-hydrogen) atoms. The minimum atomic E-state index is 1.13. The molecule has 0 aliphatic heterocycles. The molecule has 0 aliphatic rings. The summed E-state index contributed by atoms with van der Waals surface area (Å²) >= 11 is 0. The largest absolute Gasteiger partial charge is 0.309 e. The van der Waals surface area contributed by atoms with Crippen LogP contribution in [0.25, 0.3) is 93.1 Å². The maximum Gasteiger partial charge on any atom is 0.0703 e. The zero-order valence-electron chi connectivity index (χ0n) is 25.4. The summed E-state index contributed by atoms with van der Waals surface area (Å²) in [4.78, 5) is 0. The maximum atomic E-state index is 2.53. The zero-order chi connectivity index (χ0) is 30.6. The zero-order valence-corrected chi connectivity index (χ0v) is 25.4. The van der Waals surface area contributed by atoms with Crippen LogP contribution in [0.3, 0.4) is 0 Å². The van der Waals surface area contributed by atoms with Crippen molar-refractivity contribution < 1.29 is 0 Å². The van der Waals surface area contributed by atoms with Crippen molar-refractivity contribution in [2.45, 2.75) is 0 Å². The van der Waals surface area contributed by atoms with Crippen molar-refractivity contribution in [1.82, 2.24) is 13.5 Å². The normalized spacial score (nSPS) is 12.3. The van der Waals surface area contributed by atoms with Gasteiger partial charge in [0.05, 0.1) is 38.6 Å². The maximum absolute atomic E-state index is 2.53. The predicted molar refractivity (Wildman–Crippen MR) is 199 cm³/mol. The molecule has 0 fully saturated rings. The molecule has 3 heterocycles. The van der Waals surface area contributed by atoms with Crippen LogP contribution in [-0.2, 0) is 0 Å².